The van der Waals surface area contributed by atoms with Crippen LogP contribution in [-0.4, -0.2) is 52.8 Å². The van der Waals surface area contributed by atoms with E-state index in [-0.39, 0.29) is 34.3 Å². The number of amides is 2. The number of thiophene rings is 1. The van der Waals surface area contributed by atoms with Gasteiger partial charge in [0.2, 0.25) is 5.91 Å². The van der Waals surface area contributed by atoms with Gasteiger partial charge < -0.3 is 24.8 Å². The number of alkyl carbamates (subject to hydrolysis) is 1. The van der Waals surface area contributed by atoms with Crippen molar-refractivity contribution in [2.75, 3.05) is 4.90 Å². The average molecular weight is 617 g/mol. The van der Waals surface area contributed by atoms with Crippen LogP contribution in [0.15, 0.2) is 6.07 Å². The number of nitrogens with zero attached hydrogens (tertiary/aromatic N) is 1. The van der Waals surface area contributed by atoms with Crippen molar-refractivity contribution in [1.82, 2.24) is 5.32 Å². The average Bonchev–Trinajstić information content (AvgIpc) is 3.31. The highest BCUT2D eigenvalue weighted by atomic mass is 32.1. The summed E-state index contributed by atoms with van der Waals surface area (Å²) in [6.07, 6.45) is 4.61. The molecule has 2 aliphatic carbocycles. The molecule has 1 aromatic heterocycles. The lowest BCUT2D eigenvalue weighted by atomic mass is 9.81. The Labute approximate surface area is 260 Å². The number of esters is 1. The van der Waals surface area contributed by atoms with Gasteiger partial charge in [0.25, 0.3) is 0 Å². The number of carboxylic acid groups (broad SMARTS) is 1. The van der Waals surface area contributed by atoms with Crippen LogP contribution < -0.4 is 10.2 Å². The summed E-state index contributed by atoms with van der Waals surface area (Å²) < 4.78 is 10.9. The minimum Gasteiger partial charge on any atom is -0.477 e. The van der Waals surface area contributed by atoms with Gasteiger partial charge in [0.1, 0.15) is 22.6 Å². The highest BCUT2D eigenvalue weighted by molar-refractivity contribution is 7.15. The molecule has 9 nitrogen and oxygen atoms in total. The van der Waals surface area contributed by atoms with Gasteiger partial charge in [0, 0.05) is 17.4 Å². The van der Waals surface area contributed by atoms with E-state index >= 15 is 0 Å². The molecule has 0 aliphatic heterocycles. The Balaban J connectivity index is 1.78. The van der Waals surface area contributed by atoms with Crippen LogP contribution in [0, 0.1) is 29.1 Å². The number of carbonyl (C=O) groups excluding carboxylic acids is 3. The van der Waals surface area contributed by atoms with Crippen molar-refractivity contribution in [3.05, 3.63) is 15.8 Å². The summed E-state index contributed by atoms with van der Waals surface area (Å²) in [5, 5.41) is 12.6. The minimum atomic E-state index is -1.08. The number of hydrogen-bond donors (Lipinski definition) is 2. The summed E-state index contributed by atoms with van der Waals surface area (Å²) in [5.41, 5.74) is -0.527. The van der Waals surface area contributed by atoms with Gasteiger partial charge >= 0.3 is 18.0 Å². The smallest absolute Gasteiger partial charge is 0.408 e. The predicted molar refractivity (Wildman–Crippen MR) is 167 cm³/mol. The molecule has 1 atom stereocenters. The number of ether oxygens (including phenoxy) is 2. The Morgan fingerprint density at radius 2 is 1.60 bits per heavy atom. The first-order valence-electron chi connectivity index (χ1n) is 15.4. The second kappa shape index (κ2) is 14.1. The first-order chi connectivity index (χ1) is 19.9. The van der Waals surface area contributed by atoms with Crippen LogP contribution in [-0.2, 0) is 19.1 Å². The zero-order chi connectivity index (χ0) is 32.1. The third kappa shape index (κ3) is 10.3. The van der Waals surface area contributed by atoms with Crippen molar-refractivity contribution in [2.45, 2.75) is 131 Å². The van der Waals surface area contributed by atoms with Gasteiger partial charge in [-0.15, -0.1) is 11.3 Å². The summed E-state index contributed by atoms with van der Waals surface area (Å²) in [6, 6.07) is 0.651. The standard InChI is InChI=1S/C33H48N2O7S/c1-20-9-11-22(12-10-20)28(36)35(26-19-25(17-18-32(3,4)5)43-27(26)29(37)38)23-13-15-24(16-14-23)41-30(39)21(2)34-31(40)42-33(6,7)8/h19-24H,9-16H2,1-8H3,(H,34,40)(H,37,38). The maximum Gasteiger partial charge on any atom is 0.408 e. The van der Waals surface area contributed by atoms with E-state index in [1.54, 1.807) is 38.7 Å². The fraction of sp³-hybridized carbons (Fsp3) is 0.697. The predicted octanol–water partition coefficient (Wildman–Crippen LogP) is 6.77. The van der Waals surface area contributed by atoms with Gasteiger partial charge in [-0.2, -0.15) is 0 Å². The summed E-state index contributed by atoms with van der Waals surface area (Å²) >= 11 is 1.10. The number of hydrogen-bond acceptors (Lipinski definition) is 7. The lowest BCUT2D eigenvalue weighted by Gasteiger charge is -2.39. The van der Waals surface area contributed by atoms with Crippen molar-refractivity contribution < 1.29 is 33.8 Å². The Morgan fingerprint density at radius 3 is 2.14 bits per heavy atom. The molecule has 10 heteroatoms. The third-order valence-electron chi connectivity index (χ3n) is 7.71. The van der Waals surface area contributed by atoms with Crippen LogP contribution in [0.1, 0.15) is 121 Å². The van der Waals surface area contributed by atoms with Crippen molar-refractivity contribution >= 4 is 41.0 Å². The van der Waals surface area contributed by atoms with E-state index < -0.39 is 29.7 Å². The molecule has 0 bridgehead atoms. The fourth-order valence-electron chi connectivity index (χ4n) is 5.45. The first kappa shape index (κ1) is 34.4. The third-order valence-corrected chi connectivity index (χ3v) is 8.74. The molecule has 0 saturated heterocycles. The largest absolute Gasteiger partial charge is 0.477 e. The SMILES string of the molecule is CC1CCC(C(=O)N(c2cc(C#CC(C)(C)C)sc2C(=O)O)C2CCC(OC(=O)C(C)NC(=O)OC(C)(C)C)CC2)CC1. The second-order valence-corrected chi connectivity index (χ2v) is 15.1. The molecule has 0 spiro atoms. The summed E-state index contributed by atoms with van der Waals surface area (Å²) in [4.78, 5) is 53.7. The van der Waals surface area contributed by atoms with Gasteiger partial charge in [0.05, 0.1) is 10.6 Å². The molecule has 0 aromatic carbocycles. The van der Waals surface area contributed by atoms with Crippen LogP contribution >= 0.6 is 11.3 Å². The molecule has 3 rings (SSSR count). The molecule has 43 heavy (non-hydrogen) atoms. The van der Waals surface area contributed by atoms with Gasteiger partial charge in [-0.1, -0.05) is 18.8 Å². The van der Waals surface area contributed by atoms with Crippen LogP contribution in [0.4, 0.5) is 10.5 Å². The van der Waals surface area contributed by atoms with Crippen LogP contribution in [0.2, 0.25) is 0 Å². The number of carbonyl (C=O) groups is 4. The van der Waals surface area contributed by atoms with Gasteiger partial charge in [-0.05, 0) is 112 Å². The van der Waals surface area contributed by atoms with E-state index in [2.05, 4.69) is 24.1 Å². The molecule has 238 valence electrons. The summed E-state index contributed by atoms with van der Waals surface area (Å²) in [6.45, 7) is 15.0. The number of nitrogens with one attached hydrogen (secondary N) is 1. The highest BCUT2D eigenvalue weighted by Gasteiger charge is 2.38. The second-order valence-electron chi connectivity index (χ2n) is 14.0. The summed E-state index contributed by atoms with van der Waals surface area (Å²) in [5.74, 6) is 5.05. The quantitative estimate of drug-likeness (QED) is 0.256. The number of carboxylic acids is 1. The van der Waals surface area contributed by atoms with E-state index in [0.717, 1.165) is 37.0 Å². The van der Waals surface area contributed by atoms with Crippen LogP contribution in [0.25, 0.3) is 0 Å². The normalized spacial score (nSPS) is 23.3. The number of aromatic carboxylic acids is 1. The van der Waals surface area contributed by atoms with Crippen molar-refractivity contribution in [1.29, 1.82) is 0 Å². The molecular weight excluding hydrogens is 568 g/mol. The van der Waals surface area contributed by atoms with E-state index in [4.69, 9.17) is 9.47 Å². The monoisotopic (exact) mass is 616 g/mol. The molecule has 1 aromatic rings. The lowest BCUT2D eigenvalue weighted by molar-refractivity contribution is -0.152. The van der Waals surface area contributed by atoms with E-state index in [0.29, 0.717) is 42.2 Å². The topological polar surface area (TPSA) is 122 Å². The Morgan fingerprint density at radius 1 is 1.00 bits per heavy atom. The molecule has 2 fully saturated rings. The maximum absolute atomic E-state index is 14.1. The Kier molecular flexibility index (Phi) is 11.3. The molecular formula is C33H48N2O7S. The molecule has 2 saturated carbocycles. The molecule has 1 heterocycles. The zero-order valence-electron chi connectivity index (χ0n) is 26.9. The van der Waals surface area contributed by atoms with E-state index in [9.17, 15) is 24.3 Å². The van der Waals surface area contributed by atoms with Crippen molar-refractivity contribution in [2.24, 2.45) is 17.3 Å². The maximum atomic E-state index is 14.1. The Bertz CT molecular complexity index is 1230. The van der Waals surface area contributed by atoms with Crippen LogP contribution in [0.5, 0.6) is 0 Å². The van der Waals surface area contributed by atoms with Crippen LogP contribution in [0.3, 0.4) is 0 Å². The molecule has 2 aliphatic rings. The zero-order valence-corrected chi connectivity index (χ0v) is 27.7. The van der Waals surface area contributed by atoms with Crippen molar-refractivity contribution in [3.8, 4) is 11.8 Å². The number of rotatable bonds is 7. The highest BCUT2D eigenvalue weighted by Crippen LogP contribution is 2.39. The van der Waals surface area contributed by atoms with Gasteiger partial charge in [-0.3, -0.25) is 4.79 Å². The lowest BCUT2D eigenvalue weighted by Crippen LogP contribution is -2.48. The summed E-state index contributed by atoms with van der Waals surface area (Å²) in [7, 11) is 0. The first-order valence-corrected chi connectivity index (χ1v) is 16.2. The van der Waals surface area contributed by atoms with Crippen molar-refractivity contribution in [3.63, 3.8) is 0 Å². The Hall–Kier alpha value is -3.06. The minimum absolute atomic E-state index is 0.0295. The molecule has 1 unspecified atom stereocenters. The van der Waals surface area contributed by atoms with Gasteiger partial charge in [0.15, 0.2) is 0 Å². The van der Waals surface area contributed by atoms with E-state index in [1.165, 1.54) is 0 Å². The fourth-order valence-corrected chi connectivity index (χ4v) is 6.30. The molecule has 2 amide bonds. The number of anilines is 1. The van der Waals surface area contributed by atoms with Gasteiger partial charge in [-0.25, -0.2) is 14.4 Å². The molecule has 2 N–H and O–H groups in total. The molecule has 0 radical (unpaired) electrons. The van der Waals surface area contributed by atoms with E-state index in [1.807, 2.05) is 20.8 Å².